The number of benzene rings is 1. The zero-order chi connectivity index (χ0) is 12.9. The van der Waals surface area contributed by atoms with Crippen LogP contribution in [0.4, 0.5) is 4.39 Å². The van der Waals surface area contributed by atoms with Crippen molar-refractivity contribution in [1.82, 2.24) is 0 Å². The van der Waals surface area contributed by atoms with Crippen LogP contribution in [0.1, 0.15) is 5.56 Å². The summed E-state index contributed by atoms with van der Waals surface area (Å²) in [6.07, 6.45) is 0.225. The van der Waals surface area contributed by atoms with E-state index in [1.165, 1.54) is 25.3 Å². The first-order chi connectivity index (χ1) is 7.98. The molecule has 0 fully saturated rings. The molecule has 1 aromatic rings. The minimum absolute atomic E-state index is 0.0510. The summed E-state index contributed by atoms with van der Waals surface area (Å²) in [4.78, 5) is 0. The van der Waals surface area contributed by atoms with Crippen LogP contribution in [0.5, 0.6) is 5.75 Å². The molecule has 0 aromatic heterocycles. The largest absolute Gasteiger partial charge is 0.496 e. The van der Waals surface area contributed by atoms with Gasteiger partial charge in [0.25, 0.3) is 0 Å². The normalized spacial score (nSPS) is 11.5. The number of hydrogen-bond acceptors (Lipinski definition) is 4. The molecule has 0 amide bonds. The molecule has 0 bridgehead atoms. The number of methoxy groups -OCH3 is 1. The average molecular weight is 261 g/mol. The second-order valence-corrected chi connectivity index (χ2v) is 5.95. The molecule has 6 heteroatoms. The van der Waals surface area contributed by atoms with Gasteiger partial charge in [-0.2, -0.15) is 0 Å². The van der Waals surface area contributed by atoms with Gasteiger partial charge < -0.3 is 10.5 Å². The van der Waals surface area contributed by atoms with Crippen molar-refractivity contribution in [3.63, 3.8) is 0 Å². The Labute approximate surface area is 101 Å². The first-order valence-corrected chi connectivity index (χ1v) is 7.03. The lowest BCUT2D eigenvalue weighted by Crippen LogP contribution is -2.19. The Hall–Kier alpha value is -1.14. The predicted octanol–water partition coefficient (Wildman–Crippen LogP) is 0.750. The zero-order valence-electron chi connectivity index (χ0n) is 9.65. The van der Waals surface area contributed by atoms with Gasteiger partial charge >= 0.3 is 0 Å². The Bertz CT molecular complexity index is 474. The molecule has 0 saturated heterocycles. The second-order valence-electron chi connectivity index (χ2n) is 3.65. The molecule has 0 aliphatic carbocycles. The fraction of sp³-hybridized carbons (Fsp3) is 0.455. The van der Waals surface area contributed by atoms with Crippen LogP contribution in [0.15, 0.2) is 18.2 Å². The van der Waals surface area contributed by atoms with Crippen LogP contribution < -0.4 is 10.5 Å². The van der Waals surface area contributed by atoms with Gasteiger partial charge in [0.15, 0.2) is 9.84 Å². The summed E-state index contributed by atoms with van der Waals surface area (Å²) in [6, 6.07) is 4.05. The van der Waals surface area contributed by atoms with Crippen molar-refractivity contribution >= 4 is 9.84 Å². The van der Waals surface area contributed by atoms with E-state index in [-0.39, 0.29) is 24.5 Å². The SMILES string of the molecule is COc1ccc(F)cc1CCS(=O)(=O)CCN. The lowest BCUT2D eigenvalue weighted by atomic mass is 10.1. The van der Waals surface area contributed by atoms with E-state index >= 15 is 0 Å². The van der Waals surface area contributed by atoms with Crippen molar-refractivity contribution in [3.8, 4) is 5.75 Å². The van der Waals surface area contributed by atoms with Crippen LogP contribution in [0.25, 0.3) is 0 Å². The quantitative estimate of drug-likeness (QED) is 0.820. The lowest BCUT2D eigenvalue weighted by Gasteiger charge is -2.08. The van der Waals surface area contributed by atoms with E-state index < -0.39 is 15.7 Å². The lowest BCUT2D eigenvalue weighted by molar-refractivity contribution is 0.409. The summed E-state index contributed by atoms with van der Waals surface area (Å²) < 4.78 is 41.0. The standard InChI is InChI=1S/C11H16FNO3S/c1-16-11-3-2-10(12)8-9(11)4-6-17(14,15)7-5-13/h2-3,8H,4-7,13H2,1H3. The second kappa shape index (κ2) is 5.97. The molecule has 0 heterocycles. The van der Waals surface area contributed by atoms with E-state index in [2.05, 4.69) is 0 Å². The maximum Gasteiger partial charge on any atom is 0.151 e. The molecule has 0 atom stereocenters. The van der Waals surface area contributed by atoms with Gasteiger partial charge in [-0.05, 0) is 30.2 Å². The summed E-state index contributed by atoms with van der Waals surface area (Å²) in [5.74, 6) is -0.0133. The fourth-order valence-corrected chi connectivity index (χ4v) is 2.58. The highest BCUT2D eigenvalue weighted by Gasteiger charge is 2.12. The topological polar surface area (TPSA) is 69.4 Å². The number of halogens is 1. The Morgan fingerprint density at radius 3 is 2.65 bits per heavy atom. The molecule has 17 heavy (non-hydrogen) atoms. The smallest absolute Gasteiger partial charge is 0.151 e. The molecule has 96 valence electrons. The average Bonchev–Trinajstić information content (AvgIpc) is 2.27. The monoisotopic (exact) mass is 261 g/mol. The van der Waals surface area contributed by atoms with Gasteiger partial charge in [0.1, 0.15) is 11.6 Å². The maximum absolute atomic E-state index is 13.0. The van der Waals surface area contributed by atoms with Crippen LogP contribution in [-0.2, 0) is 16.3 Å². The fourth-order valence-electron chi connectivity index (χ4n) is 1.49. The van der Waals surface area contributed by atoms with E-state index in [1.54, 1.807) is 0 Å². The van der Waals surface area contributed by atoms with E-state index in [9.17, 15) is 12.8 Å². The van der Waals surface area contributed by atoms with Gasteiger partial charge in [-0.1, -0.05) is 0 Å². The van der Waals surface area contributed by atoms with Crippen molar-refractivity contribution in [2.45, 2.75) is 6.42 Å². The summed E-state index contributed by atoms with van der Waals surface area (Å²) in [5.41, 5.74) is 5.75. The van der Waals surface area contributed by atoms with E-state index in [0.717, 1.165) is 0 Å². The molecule has 4 nitrogen and oxygen atoms in total. The summed E-state index contributed by atoms with van der Waals surface area (Å²) >= 11 is 0. The summed E-state index contributed by atoms with van der Waals surface area (Å²) in [7, 11) is -1.71. The number of nitrogens with two attached hydrogens (primary N) is 1. The van der Waals surface area contributed by atoms with Crippen molar-refractivity contribution < 1.29 is 17.5 Å². The number of rotatable bonds is 6. The molecule has 0 radical (unpaired) electrons. The Balaban J connectivity index is 2.78. The number of hydrogen-bond donors (Lipinski definition) is 1. The third-order valence-corrected chi connectivity index (χ3v) is 4.04. The summed E-state index contributed by atoms with van der Waals surface area (Å²) in [5, 5.41) is 0. The van der Waals surface area contributed by atoms with Crippen LogP contribution in [0, 0.1) is 5.82 Å². The number of aryl methyl sites for hydroxylation is 1. The molecule has 0 aliphatic rings. The van der Waals surface area contributed by atoms with Crippen molar-refractivity contribution in [3.05, 3.63) is 29.6 Å². The van der Waals surface area contributed by atoms with Gasteiger partial charge in [0, 0.05) is 6.54 Å². The first kappa shape index (κ1) is 13.9. The van der Waals surface area contributed by atoms with Crippen LogP contribution in [0.2, 0.25) is 0 Å². The van der Waals surface area contributed by atoms with Gasteiger partial charge in [-0.25, -0.2) is 12.8 Å². The zero-order valence-corrected chi connectivity index (χ0v) is 10.5. The highest BCUT2D eigenvalue weighted by Crippen LogP contribution is 2.20. The van der Waals surface area contributed by atoms with Crippen LogP contribution in [0.3, 0.4) is 0 Å². The Kier molecular flexibility index (Phi) is 4.89. The van der Waals surface area contributed by atoms with Crippen molar-refractivity contribution in [1.29, 1.82) is 0 Å². The first-order valence-electron chi connectivity index (χ1n) is 5.21. The molecule has 0 unspecified atom stereocenters. The predicted molar refractivity (Wildman–Crippen MR) is 64.4 cm³/mol. The molecule has 0 spiro atoms. The minimum Gasteiger partial charge on any atom is -0.496 e. The van der Waals surface area contributed by atoms with Crippen molar-refractivity contribution in [2.75, 3.05) is 25.2 Å². The maximum atomic E-state index is 13.0. The van der Waals surface area contributed by atoms with Crippen molar-refractivity contribution in [2.24, 2.45) is 5.73 Å². The molecule has 1 aromatic carbocycles. The minimum atomic E-state index is -3.17. The highest BCUT2D eigenvalue weighted by molar-refractivity contribution is 7.91. The van der Waals surface area contributed by atoms with E-state index in [1.807, 2.05) is 0 Å². The van der Waals surface area contributed by atoms with E-state index in [0.29, 0.717) is 11.3 Å². The van der Waals surface area contributed by atoms with E-state index in [4.69, 9.17) is 10.5 Å². The number of ether oxygens (including phenoxy) is 1. The molecular formula is C11H16FNO3S. The molecule has 1 rings (SSSR count). The van der Waals surface area contributed by atoms with Gasteiger partial charge in [0.2, 0.25) is 0 Å². The molecule has 0 aliphatic heterocycles. The van der Waals surface area contributed by atoms with Gasteiger partial charge in [0.05, 0.1) is 18.6 Å². The highest BCUT2D eigenvalue weighted by atomic mass is 32.2. The molecular weight excluding hydrogens is 245 g/mol. The van der Waals surface area contributed by atoms with Gasteiger partial charge in [-0.3, -0.25) is 0 Å². The third-order valence-electron chi connectivity index (χ3n) is 2.35. The molecule has 0 saturated carbocycles. The number of sulfone groups is 1. The van der Waals surface area contributed by atoms with Crippen LogP contribution >= 0.6 is 0 Å². The Morgan fingerprint density at radius 2 is 2.06 bits per heavy atom. The summed E-state index contributed by atoms with van der Waals surface area (Å²) in [6.45, 7) is 0.0998. The third kappa shape index (κ3) is 4.32. The molecule has 2 N–H and O–H groups in total. The van der Waals surface area contributed by atoms with Gasteiger partial charge in [-0.15, -0.1) is 0 Å². The Morgan fingerprint density at radius 1 is 1.35 bits per heavy atom. The van der Waals surface area contributed by atoms with Crippen LogP contribution in [-0.4, -0.2) is 33.6 Å².